The molecule has 1 saturated carbocycles. The molecule has 2 rings (SSSR count). The maximum atomic E-state index is 13.2. The van der Waals surface area contributed by atoms with E-state index in [0.29, 0.717) is 5.56 Å². The Morgan fingerprint density at radius 1 is 1.44 bits per heavy atom. The molecule has 5 nitrogen and oxygen atoms in total. The zero-order valence-corrected chi connectivity index (χ0v) is 13.3. The molecule has 0 bridgehead atoms. The number of ether oxygens (including phenoxy) is 1. The predicted octanol–water partition coefficient (Wildman–Crippen LogP) is 3.82. The Kier molecular flexibility index (Phi) is 6.60. The highest BCUT2D eigenvalue weighted by molar-refractivity contribution is 5.74. The third-order valence-corrected chi connectivity index (χ3v) is 3.88. The second kappa shape index (κ2) is 8.68. The van der Waals surface area contributed by atoms with Gasteiger partial charge in [-0.15, -0.1) is 6.58 Å². The van der Waals surface area contributed by atoms with Gasteiger partial charge < -0.3 is 15.4 Å². The van der Waals surface area contributed by atoms with Crippen molar-refractivity contribution in [3.63, 3.8) is 0 Å². The van der Waals surface area contributed by atoms with Crippen LogP contribution >= 0.6 is 0 Å². The lowest BCUT2D eigenvalue weighted by molar-refractivity contribution is -0.0529. The molecule has 0 aromatic carbocycles. The van der Waals surface area contributed by atoms with Crippen LogP contribution in [0.3, 0.4) is 0 Å². The number of nitrogens with one attached hydrogen (secondary N) is 2. The number of alkyl halides is 4. The van der Waals surface area contributed by atoms with Gasteiger partial charge in [-0.25, -0.2) is 18.6 Å². The Bertz CT molecular complexity index is 607. The van der Waals surface area contributed by atoms with E-state index in [0.717, 1.165) is 12.8 Å². The van der Waals surface area contributed by atoms with Gasteiger partial charge in [-0.05, 0) is 30.4 Å². The number of rotatable bonds is 9. The Labute approximate surface area is 145 Å². The molecule has 1 aliphatic rings. The van der Waals surface area contributed by atoms with Gasteiger partial charge in [-0.3, -0.25) is 0 Å². The van der Waals surface area contributed by atoms with Crippen molar-refractivity contribution in [3.8, 4) is 5.88 Å². The molecule has 1 aromatic heterocycles. The normalized spacial score (nSPS) is 16.4. The number of nitrogens with zero attached hydrogens (tertiary/aromatic N) is 1. The summed E-state index contributed by atoms with van der Waals surface area (Å²) in [5, 5.41) is 4.68. The zero-order chi connectivity index (χ0) is 18.4. The van der Waals surface area contributed by atoms with E-state index >= 15 is 0 Å². The second-order valence-electron chi connectivity index (χ2n) is 5.72. The van der Waals surface area contributed by atoms with Crippen LogP contribution in [0.1, 0.15) is 21.3 Å². The van der Waals surface area contributed by atoms with Crippen LogP contribution in [0, 0.1) is 11.8 Å². The molecule has 0 saturated heterocycles. The molecule has 9 heteroatoms. The van der Waals surface area contributed by atoms with Gasteiger partial charge in [0, 0.05) is 27.6 Å². The van der Waals surface area contributed by atoms with Gasteiger partial charge >= 0.3 is 12.6 Å². The van der Waals surface area contributed by atoms with Gasteiger partial charge in [0.15, 0.2) is 0 Å². The maximum absolute atomic E-state index is 13.2. The van der Waals surface area contributed by atoms with E-state index in [2.05, 4.69) is 26.9 Å². The smallest absolute Gasteiger partial charge is 0.388 e. The fourth-order valence-corrected chi connectivity index (χ4v) is 2.54. The summed E-state index contributed by atoms with van der Waals surface area (Å²) in [5.41, 5.74) is 0.442. The number of carbonyl (C=O) groups excluding carboxylic acids is 1. The predicted molar refractivity (Wildman–Crippen MR) is 86.7 cm³/mol. The molecule has 25 heavy (non-hydrogen) atoms. The number of hydrogen-bond donors (Lipinski definition) is 2. The molecule has 142 valence electrons. The van der Waals surface area contributed by atoms with Crippen molar-refractivity contribution in [2.24, 2.45) is 11.8 Å². The minimum Gasteiger partial charge on any atom is -0.417 e. The van der Waals surface area contributed by atoms with Crippen molar-refractivity contribution in [3.05, 3.63) is 36.5 Å². The fraction of sp³-hybridized carbons (Fsp3) is 0.500. The Hall–Kier alpha value is -2.32. The summed E-state index contributed by atoms with van der Waals surface area (Å²) in [4.78, 5) is 15.5. The molecule has 2 atom stereocenters. The minimum atomic E-state index is -3.01. The van der Waals surface area contributed by atoms with Crippen LogP contribution in [0.15, 0.2) is 31.0 Å². The van der Waals surface area contributed by atoms with Crippen molar-refractivity contribution < 1.29 is 29.9 Å². The monoisotopic (exact) mass is 365 g/mol. The molecule has 0 spiro atoms. The van der Waals surface area contributed by atoms with Crippen LogP contribution in [0.4, 0.5) is 22.4 Å². The average Bonchev–Trinajstić information content (AvgIpc) is 3.37. The standard InChI is InChI=1S/C16H19F4N3O2.2H2/c1-2-11(10-3-4-10)13(14(17)18)23-16(24)22-8-9-5-6-21-12(7-9)25-15(19)20;;/h2,5-7,10-11,13-15H,1,3-4,8H2,(H2,22,23,24);2*1H/t11?,13-;;/m1../s1. The topological polar surface area (TPSA) is 63.2 Å². The van der Waals surface area contributed by atoms with Gasteiger partial charge in [-0.2, -0.15) is 8.78 Å². The lowest BCUT2D eigenvalue weighted by Gasteiger charge is -2.25. The number of halogens is 4. The van der Waals surface area contributed by atoms with E-state index in [-0.39, 0.29) is 21.2 Å². The van der Waals surface area contributed by atoms with Crippen LogP contribution in [0.5, 0.6) is 5.88 Å². The summed E-state index contributed by atoms with van der Waals surface area (Å²) < 4.78 is 54.9. The number of carbonyl (C=O) groups is 1. The van der Waals surface area contributed by atoms with E-state index in [1.54, 1.807) is 0 Å². The number of urea groups is 1. The van der Waals surface area contributed by atoms with Gasteiger partial charge in [0.05, 0.1) is 6.04 Å². The van der Waals surface area contributed by atoms with Crippen LogP contribution in [0.2, 0.25) is 0 Å². The Morgan fingerprint density at radius 3 is 2.72 bits per heavy atom. The van der Waals surface area contributed by atoms with Crippen molar-refractivity contribution in [2.75, 3.05) is 0 Å². The van der Waals surface area contributed by atoms with E-state index in [9.17, 15) is 22.4 Å². The van der Waals surface area contributed by atoms with Crippen molar-refractivity contribution in [2.45, 2.75) is 38.5 Å². The molecule has 1 fully saturated rings. The van der Waals surface area contributed by atoms with E-state index in [1.165, 1.54) is 24.4 Å². The van der Waals surface area contributed by atoms with Crippen LogP contribution < -0.4 is 15.4 Å². The summed E-state index contributed by atoms with van der Waals surface area (Å²) in [5.74, 6) is -0.663. The van der Waals surface area contributed by atoms with Gasteiger partial charge in [-0.1, -0.05) is 6.08 Å². The lowest BCUT2D eigenvalue weighted by Crippen LogP contribution is -2.49. The zero-order valence-electron chi connectivity index (χ0n) is 13.3. The number of aromatic nitrogens is 1. The lowest BCUT2D eigenvalue weighted by atomic mass is 9.95. The summed E-state index contributed by atoms with van der Waals surface area (Å²) in [6.45, 7) is 0.513. The molecule has 0 radical (unpaired) electrons. The molecular weight excluding hydrogens is 342 g/mol. The summed E-state index contributed by atoms with van der Waals surface area (Å²) in [6.07, 6.45) is 1.66. The van der Waals surface area contributed by atoms with E-state index in [1.807, 2.05) is 0 Å². The molecular formula is C16H23F4N3O2. The molecule has 1 heterocycles. The summed E-state index contributed by atoms with van der Waals surface area (Å²) in [6, 6.07) is 0.624. The van der Waals surface area contributed by atoms with Crippen LogP contribution in [-0.4, -0.2) is 30.1 Å². The molecule has 1 aromatic rings. The van der Waals surface area contributed by atoms with E-state index in [4.69, 9.17) is 0 Å². The Balaban J connectivity index is 0.00000338. The highest BCUT2D eigenvalue weighted by Gasteiger charge is 2.39. The van der Waals surface area contributed by atoms with Crippen LogP contribution in [-0.2, 0) is 6.54 Å². The van der Waals surface area contributed by atoms with Gasteiger partial charge in [0.1, 0.15) is 0 Å². The molecule has 1 unspecified atom stereocenters. The number of amides is 2. The number of hydrogen-bond acceptors (Lipinski definition) is 3. The average molecular weight is 365 g/mol. The first kappa shape index (κ1) is 19.0. The second-order valence-corrected chi connectivity index (χ2v) is 5.72. The van der Waals surface area contributed by atoms with Crippen molar-refractivity contribution in [1.29, 1.82) is 0 Å². The molecule has 0 aliphatic heterocycles. The maximum Gasteiger partial charge on any atom is 0.388 e. The summed E-state index contributed by atoms with van der Waals surface area (Å²) in [7, 11) is 0. The number of pyridine rings is 1. The highest BCUT2D eigenvalue weighted by Crippen LogP contribution is 2.40. The largest absolute Gasteiger partial charge is 0.417 e. The van der Waals surface area contributed by atoms with Crippen LogP contribution in [0.25, 0.3) is 0 Å². The summed E-state index contributed by atoms with van der Waals surface area (Å²) >= 11 is 0. The van der Waals surface area contributed by atoms with Crippen molar-refractivity contribution >= 4 is 6.03 Å². The first-order valence-corrected chi connectivity index (χ1v) is 7.75. The third-order valence-electron chi connectivity index (χ3n) is 3.88. The molecule has 2 amide bonds. The fourth-order valence-electron chi connectivity index (χ4n) is 2.54. The first-order chi connectivity index (χ1) is 11.9. The molecule has 1 aliphatic carbocycles. The van der Waals surface area contributed by atoms with Gasteiger partial charge in [0.2, 0.25) is 5.88 Å². The minimum absolute atomic E-state index is 0. The molecule has 2 N–H and O–H groups in total. The Morgan fingerprint density at radius 2 is 2.16 bits per heavy atom. The van der Waals surface area contributed by atoms with E-state index < -0.39 is 31.0 Å². The third kappa shape index (κ3) is 5.91. The SMILES string of the molecule is C=CC(C1CC1)[C@@H](NC(=O)NCc1ccnc(OC(F)F)c1)C(F)F.[HH].[HH]. The van der Waals surface area contributed by atoms with Crippen molar-refractivity contribution in [1.82, 2.24) is 15.6 Å². The quantitative estimate of drug-likeness (QED) is 0.517. The first-order valence-electron chi connectivity index (χ1n) is 7.75. The highest BCUT2D eigenvalue weighted by atomic mass is 19.3. The van der Waals surface area contributed by atoms with Gasteiger partial charge in [0.25, 0.3) is 6.43 Å².